The number of hydrogen-bond acceptors (Lipinski definition) is 7. The Morgan fingerprint density at radius 1 is 1.00 bits per heavy atom. The van der Waals surface area contributed by atoms with Gasteiger partial charge in [-0.2, -0.15) is 9.97 Å². The number of nitrogens with zero attached hydrogens (tertiary/aromatic N) is 4. The monoisotopic (exact) mass is 526 g/mol. The number of furan rings is 1. The molecule has 0 radical (unpaired) electrons. The minimum atomic E-state index is 0.441. The minimum Gasteiger partial charge on any atom is -0.459 e. The van der Waals surface area contributed by atoms with Gasteiger partial charge < -0.3 is 29.6 Å². The number of nitrogens with one attached hydrogen (secondary N) is 2. The van der Waals surface area contributed by atoms with Crippen LogP contribution in [0.2, 0.25) is 5.02 Å². The molecule has 8 nitrogen and oxygen atoms in total. The minimum absolute atomic E-state index is 0.441. The van der Waals surface area contributed by atoms with Crippen LogP contribution < -0.4 is 20.4 Å². The Bertz CT molecular complexity index is 1170. The molecule has 10 heteroatoms. The zero-order chi connectivity index (χ0) is 24.9. The molecule has 0 bridgehead atoms. The third kappa shape index (κ3) is 6.27. The van der Waals surface area contributed by atoms with Crippen molar-refractivity contribution in [3.05, 3.63) is 53.2 Å². The maximum atomic E-state index is 5.99. The smallest absolute Gasteiger partial charge is 0.232 e. The number of morpholine rings is 1. The van der Waals surface area contributed by atoms with E-state index in [0.717, 1.165) is 60.8 Å². The third-order valence-corrected chi connectivity index (χ3v) is 7.08. The van der Waals surface area contributed by atoms with Crippen molar-refractivity contribution >= 4 is 46.5 Å². The van der Waals surface area contributed by atoms with Gasteiger partial charge >= 0.3 is 0 Å². The Kier molecular flexibility index (Phi) is 7.89. The molecule has 190 valence electrons. The fraction of sp³-hybridized carbons (Fsp3) is 0.423. The van der Waals surface area contributed by atoms with Crippen LogP contribution >= 0.6 is 23.8 Å². The lowest BCUT2D eigenvalue weighted by Gasteiger charge is -2.33. The van der Waals surface area contributed by atoms with Gasteiger partial charge in [-0.1, -0.05) is 18.5 Å². The van der Waals surface area contributed by atoms with Gasteiger partial charge in [0.2, 0.25) is 5.95 Å². The highest BCUT2D eigenvalue weighted by Crippen LogP contribution is 2.27. The quantitative estimate of drug-likeness (QED) is 0.434. The molecule has 0 saturated carbocycles. The summed E-state index contributed by atoms with van der Waals surface area (Å²) in [5.41, 5.74) is 0.972. The van der Waals surface area contributed by atoms with Crippen molar-refractivity contribution in [1.29, 1.82) is 0 Å². The fourth-order valence-corrected chi connectivity index (χ4v) is 4.68. The molecule has 2 aromatic heterocycles. The first kappa shape index (κ1) is 24.8. The van der Waals surface area contributed by atoms with E-state index in [9.17, 15) is 0 Å². The van der Waals surface area contributed by atoms with Crippen molar-refractivity contribution < 1.29 is 9.15 Å². The first-order valence-corrected chi connectivity index (χ1v) is 13.2. The van der Waals surface area contributed by atoms with Gasteiger partial charge in [0, 0.05) is 42.8 Å². The molecule has 0 atom stereocenters. The second-order valence-corrected chi connectivity index (χ2v) is 10.1. The highest BCUT2D eigenvalue weighted by Gasteiger charge is 2.21. The van der Waals surface area contributed by atoms with E-state index in [1.54, 1.807) is 0 Å². The predicted octanol–water partition coefficient (Wildman–Crippen LogP) is 4.95. The SMILES string of the molecule is CC1CCN(c2cc(N3CCOCC3)nc(NC(=S)NCc3ccc(-c4ccc(Cl)cc4)o3)n2)CC1. The summed E-state index contributed by atoms with van der Waals surface area (Å²) in [6.45, 7) is 7.77. The molecule has 36 heavy (non-hydrogen) atoms. The molecule has 0 amide bonds. The van der Waals surface area contributed by atoms with E-state index in [1.165, 1.54) is 12.8 Å². The van der Waals surface area contributed by atoms with Gasteiger partial charge in [-0.25, -0.2) is 0 Å². The highest BCUT2D eigenvalue weighted by atomic mass is 35.5. The molecule has 4 heterocycles. The van der Waals surface area contributed by atoms with E-state index < -0.39 is 0 Å². The number of rotatable bonds is 6. The summed E-state index contributed by atoms with van der Waals surface area (Å²) in [5.74, 6) is 4.62. The summed E-state index contributed by atoms with van der Waals surface area (Å²) in [7, 11) is 0. The Morgan fingerprint density at radius 3 is 2.36 bits per heavy atom. The molecular weight excluding hydrogens is 496 g/mol. The van der Waals surface area contributed by atoms with Crippen molar-refractivity contribution in [3.8, 4) is 11.3 Å². The number of thiocarbonyl (C=S) groups is 1. The lowest BCUT2D eigenvalue weighted by molar-refractivity contribution is 0.122. The van der Waals surface area contributed by atoms with Crippen LogP contribution in [0.25, 0.3) is 11.3 Å². The lowest BCUT2D eigenvalue weighted by Crippen LogP contribution is -2.38. The number of anilines is 3. The van der Waals surface area contributed by atoms with E-state index >= 15 is 0 Å². The van der Waals surface area contributed by atoms with Crippen LogP contribution in [0.3, 0.4) is 0 Å². The van der Waals surface area contributed by atoms with Gasteiger partial charge in [-0.15, -0.1) is 0 Å². The molecule has 5 rings (SSSR count). The molecule has 2 aliphatic rings. The van der Waals surface area contributed by atoms with Crippen LogP contribution in [0.15, 0.2) is 46.9 Å². The van der Waals surface area contributed by atoms with Crippen LogP contribution in [0.1, 0.15) is 25.5 Å². The summed E-state index contributed by atoms with van der Waals surface area (Å²) in [4.78, 5) is 14.2. The summed E-state index contributed by atoms with van der Waals surface area (Å²) < 4.78 is 11.5. The summed E-state index contributed by atoms with van der Waals surface area (Å²) in [6.07, 6.45) is 2.33. The maximum Gasteiger partial charge on any atom is 0.232 e. The van der Waals surface area contributed by atoms with Crippen molar-refractivity contribution in [3.63, 3.8) is 0 Å². The Balaban J connectivity index is 1.25. The van der Waals surface area contributed by atoms with Crippen molar-refractivity contribution in [2.75, 3.05) is 54.5 Å². The number of ether oxygens (including phenoxy) is 1. The van der Waals surface area contributed by atoms with Gasteiger partial charge in [-0.3, -0.25) is 0 Å². The highest BCUT2D eigenvalue weighted by molar-refractivity contribution is 7.80. The number of halogens is 1. The van der Waals surface area contributed by atoms with Crippen LogP contribution in [0.5, 0.6) is 0 Å². The predicted molar refractivity (Wildman–Crippen MR) is 148 cm³/mol. The van der Waals surface area contributed by atoms with E-state index in [0.29, 0.717) is 35.8 Å². The zero-order valence-corrected chi connectivity index (χ0v) is 21.9. The summed E-state index contributed by atoms with van der Waals surface area (Å²) in [6, 6.07) is 13.5. The number of benzene rings is 1. The number of hydrogen-bond donors (Lipinski definition) is 2. The first-order chi connectivity index (χ1) is 17.5. The van der Waals surface area contributed by atoms with Crippen LogP contribution in [0, 0.1) is 5.92 Å². The van der Waals surface area contributed by atoms with Gasteiger partial charge in [0.25, 0.3) is 0 Å². The zero-order valence-electron chi connectivity index (χ0n) is 20.4. The van der Waals surface area contributed by atoms with E-state index in [2.05, 4.69) is 33.4 Å². The molecule has 2 N–H and O–H groups in total. The average molecular weight is 527 g/mol. The van der Waals surface area contributed by atoms with E-state index in [4.69, 9.17) is 42.9 Å². The Hall–Kier alpha value is -2.88. The molecule has 2 aliphatic heterocycles. The van der Waals surface area contributed by atoms with E-state index in [1.807, 2.05) is 36.4 Å². The summed E-state index contributed by atoms with van der Waals surface area (Å²) >= 11 is 11.5. The molecule has 3 aromatic rings. The Morgan fingerprint density at radius 2 is 1.67 bits per heavy atom. The lowest BCUT2D eigenvalue weighted by atomic mass is 9.99. The second-order valence-electron chi connectivity index (χ2n) is 9.26. The first-order valence-electron chi connectivity index (χ1n) is 12.4. The van der Waals surface area contributed by atoms with Crippen molar-refractivity contribution in [2.45, 2.75) is 26.3 Å². The molecule has 0 aliphatic carbocycles. The number of piperidine rings is 1. The molecular formula is C26H31ClN6O2S. The van der Waals surface area contributed by atoms with Gasteiger partial charge in [-0.05, 0) is 67.4 Å². The van der Waals surface area contributed by atoms with Crippen LogP contribution in [-0.4, -0.2) is 54.5 Å². The van der Waals surface area contributed by atoms with Crippen molar-refractivity contribution in [1.82, 2.24) is 15.3 Å². The normalized spacial score (nSPS) is 16.7. The summed E-state index contributed by atoms with van der Waals surface area (Å²) in [5, 5.41) is 7.52. The second kappa shape index (κ2) is 11.5. The Labute approximate surface area is 222 Å². The van der Waals surface area contributed by atoms with Crippen molar-refractivity contribution in [2.24, 2.45) is 5.92 Å². The largest absolute Gasteiger partial charge is 0.459 e. The topological polar surface area (TPSA) is 78.7 Å². The van der Waals surface area contributed by atoms with Gasteiger partial charge in [0.05, 0.1) is 19.8 Å². The standard InChI is InChI=1S/C26H31ClN6O2S/c1-18-8-10-32(11-9-18)23-16-24(33-12-14-34-15-13-33)30-25(29-23)31-26(36)28-17-21-6-7-22(35-21)19-2-4-20(27)5-3-19/h2-7,16,18H,8-15,17H2,1H3,(H2,28,29,30,31,36). The van der Waals surface area contributed by atoms with Crippen LogP contribution in [0.4, 0.5) is 17.6 Å². The molecule has 0 spiro atoms. The fourth-order valence-electron chi connectivity index (χ4n) is 4.39. The van der Waals surface area contributed by atoms with Crippen LogP contribution in [-0.2, 0) is 11.3 Å². The third-order valence-electron chi connectivity index (χ3n) is 6.58. The molecule has 1 aromatic carbocycles. The average Bonchev–Trinajstić information content (AvgIpc) is 3.38. The van der Waals surface area contributed by atoms with Gasteiger partial charge in [0.1, 0.15) is 23.2 Å². The maximum absolute atomic E-state index is 5.99. The molecule has 0 unspecified atom stereocenters. The molecule has 2 saturated heterocycles. The molecule has 2 fully saturated rings. The van der Waals surface area contributed by atoms with Gasteiger partial charge in [0.15, 0.2) is 5.11 Å². The van der Waals surface area contributed by atoms with E-state index in [-0.39, 0.29) is 0 Å². The number of aromatic nitrogens is 2.